The van der Waals surface area contributed by atoms with Crippen LogP contribution in [0.4, 0.5) is 11.4 Å². The third-order valence-corrected chi connectivity index (χ3v) is 10.1. The lowest BCUT2D eigenvalue weighted by Crippen LogP contribution is -2.54. The number of aromatic nitrogens is 2. The number of nitrogens with zero attached hydrogens (tertiary/aromatic N) is 5. The summed E-state index contributed by atoms with van der Waals surface area (Å²) < 4.78 is 1.74. The van der Waals surface area contributed by atoms with Crippen LogP contribution in [0.5, 0.6) is 0 Å². The lowest BCUT2D eigenvalue weighted by atomic mass is 9.91. The molecule has 4 aliphatic rings. The van der Waals surface area contributed by atoms with Gasteiger partial charge < -0.3 is 10.2 Å². The third kappa shape index (κ3) is 5.53. The van der Waals surface area contributed by atoms with Crippen LogP contribution in [-0.2, 0) is 26.3 Å². The first kappa shape index (κ1) is 31.3. The molecule has 2 aromatic carbocycles. The number of carbonyl (C=O) groups excluding carboxylic acids is 5. The van der Waals surface area contributed by atoms with Crippen molar-refractivity contribution in [3.05, 3.63) is 76.1 Å². The smallest absolute Gasteiger partial charge is 0.262 e. The number of nitriles is 1. The Morgan fingerprint density at radius 3 is 2.50 bits per heavy atom. The Kier molecular flexibility index (Phi) is 7.65. The highest BCUT2D eigenvalue weighted by atomic mass is 16.2. The zero-order chi connectivity index (χ0) is 33.9. The second kappa shape index (κ2) is 11.7. The van der Waals surface area contributed by atoms with Crippen LogP contribution >= 0.6 is 0 Å². The zero-order valence-corrected chi connectivity index (χ0v) is 27.2. The van der Waals surface area contributed by atoms with Gasteiger partial charge in [-0.3, -0.25) is 38.9 Å². The van der Waals surface area contributed by atoms with Crippen molar-refractivity contribution in [2.24, 2.45) is 5.92 Å². The normalized spacial score (nSPS) is 19.6. The van der Waals surface area contributed by atoms with Crippen molar-refractivity contribution < 1.29 is 24.0 Å². The van der Waals surface area contributed by atoms with Crippen molar-refractivity contribution in [2.75, 3.05) is 23.3 Å². The molecule has 12 nitrogen and oxygen atoms in total. The summed E-state index contributed by atoms with van der Waals surface area (Å²) in [7, 11) is 0. The average molecular weight is 648 g/mol. The Balaban J connectivity index is 0.954. The molecule has 5 amide bonds. The van der Waals surface area contributed by atoms with Gasteiger partial charge in [-0.05, 0) is 112 Å². The summed E-state index contributed by atoms with van der Waals surface area (Å²) in [6.07, 6.45) is 6.02. The summed E-state index contributed by atoms with van der Waals surface area (Å²) in [5.41, 5.74) is 4.78. The van der Waals surface area contributed by atoms with Gasteiger partial charge >= 0.3 is 0 Å². The maximum Gasteiger partial charge on any atom is 0.262 e. The average Bonchev–Trinajstić information content (AvgIpc) is 3.77. The molecule has 3 aliphatic heterocycles. The van der Waals surface area contributed by atoms with E-state index >= 15 is 0 Å². The van der Waals surface area contributed by atoms with Crippen LogP contribution in [0.25, 0.3) is 0 Å². The molecule has 0 spiro atoms. The summed E-state index contributed by atoms with van der Waals surface area (Å²) in [6.45, 7) is 7.25. The van der Waals surface area contributed by atoms with Gasteiger partial charge in [-0.15, -0.1) is 0 Å². The first-order valence-corrected chi connectivity index (χ1v) is 16.5. The Morgan fingerprint density at radius 1 is 1.04 bits per heavy atom. The van der Waals surface area contributed by atoms with Crippen molar-refractivity contribution in [1.82, 2.24) is 20.0 Å². The molecule has 1 aliphatic carbocycles. The highest BCUT2D eigenvalue weighted by Crippen LogP contribution is 2.44. The fourth-order valence-corrected chi connectivity index (χ4v) is 6.86. The number of piperidine rings is 1. The molecule has 4 heterocycles. The topological polar surface area (TPSA) is 158 Å². The van der Waals surface area contributed by atoms with E-state index in [1.165, 1.54) is 0 Å². The number of carbonyl (C=O) groups is 5. The molecule has 3 fully saturated rings. The van der Waals surface area contributed by atoms with E-state index in [1.807, 2.05) is 45.2 Å². The molecule has 2 saturated heterocycles. The minimum atomic E-state index is -0.984. The minimum Gasteiger partial charge on any atom is -0.371 e. The van der Waals surface area contributed by atoms with Gasteiger partial charge in [-0.25, -0.2) is 0 Å². The molecule has 1 atom stereocenters. The van der Waals surface area contributed by atoms with Gasteiger partial charge in [-0.1, -0.05) is 0 Å². The molecule has 7 rings (SSSR count). The highest BCUT2D eigenvalue weighted by molar-refractivity contribution is 6.23. The summed E-state index contributed by atoms with van der Waals surface area (Å²) in [5.74, 6) is -1.41. The van der Waals surface area contributed by atoms with E-state index < -0.39 is 35.2 Å². The van der Waals surface area contributed by atoms with Gasteiger partial charge in [0.1, 0.15) is 11.6 Å². The molecule has 2 N–H and O–H groups in total. The number of nitrogens with one attached hydrogen (secondary N) is 2. The van der Waals surface area contributed by atoms with E-state index in [2.05, 4.69) is 21.6 Å². The second-order valence-corrected chi connectivity index (χ2v) is 13.9. The third-order valence-electron chi connectivity index (χ3n) is 10.1. The van der Waals surface area contributed by atoms with Crippen molar-refractivity contribution in [3.63, 3.8) is 0 Å². The van der Waals surface area contributed by atoms with E-state index in [1.54, 1.807) is 22.9 Å². The van der Waals surface area contributed by atoms with Gasteiger partial charge in [0.25, 0.3) is 17.7 Å². The maximum absolute atomic E-state index is 13.5. The van der Waals surface area contributed by atoms with Gasteiger partial charge in [0.2, 0.25) is 11.8 Å². The fraction of sp³-hybridized carbons (Fsp3) is 0.417. The summed E-state index contributed by atoms with van der Waals surface area (Å²) in [6, 6.07) is 11.8. The number of aryl methyl sites for hydroxylation is 2. The molecule has 0 bridgehead atoms. The summed E-state index contributed by atoms with van der Waals surface area (Å²) >= 11 is 0. The SMILES string of the molecule is Cc1nn(C(C)(C)C(=O)Nc2ccc(C#N)cc2C2CC2)cc1CCC1CN(c2ccc3c(c2)C(=O)N(C2CCC(=O)NC2=O)C3=O)C1. The largest absolute Gasteiger partial charge is 0.371 e. The second-order valence-electron chi connectivity index (χ2n) is 13.9. The number of benzene rings is 2. The molecule has 48 heavy (non-hydrogen) atoms. The lowest BCUT2D eigenvalue weighted by molar-refractivity contribution is -0.136. The number of anilines is 2. The van der Waals surface area contributed by atoms with Crippen LogP contribution in [0.3, 0.4) is 0 Å². The molecular formula is C36H37N7O5. The maximum atomic E-state index is 13.5. The Hall–Kier alpha value is -5.31. The first-order valence-electron chi connectivity index (χ1n) is 16.5. The number of imide groups is 2. The molecule has 3 aromatic rings. The van der Waals surface area contributed by atoms with Crippen LogP contribution < -0.4 is 15.5 Å². The van der Waals surface area contributed by atoms with Crippen LogP contribution in [-0.4, -0.2) is 63.3 Å². The number of fused-ring (bicyclic) bond motifs is 1. The van der Waals surface area contributed by atoms with Crippen molar-refractivity contribution in [3.8, 4) is 6.07 Å². The Morgan fingerprint density at radius 2 is 1.79 bits per heavy atom. The lowest BCUT2D eigenvalue weighted by Gasteiger charge is -2.41. The van der Waals surface area contributed by atoms with Crippen LogP contribution in [0.1, 0.15) is 95.0 Å². The molecule has 246 valence electrons. The predicted molar refractivity (Wildman–Crippen MR) is 175 cm³/mol. The Bertz CT molecular complexity index is 1930. The molecule has 12 heteroatoms. The first-order chi connectivity index (χ1) is 22.9. The summed E-state index contributed by atoms with van der Waals surface area (Å²) in [5, 5.41) is 19.4. The predicted octanol–water partition coefficient (Wildman–Crippen LogP) is 3.78. The van der Waals surface area contributed by atoms with Crippen LogP contribution in [0.2, 0.25) is 0 Å². The number of hydrogen-bond donors (Lipinski definition) is 2. The molecule has 0 radical (unpaired) electrons. The monoisotopic (exact) mass is 647 g/mol. The van der Waals surface area contributed by atoms with E-state index in [-0.39, 0.29) is 29.9 Å². The van der Waals surface area contributed by atoms with Crippen molar-refractivity contribution in [1.29, 1.82) is 5.26 Å². The fourth-order valence-electron chi connectivity index (χ4n) is 6.86. The van der Waals surface area contributed by atoms with Crippen LogP contribution in [0.15, 0.2) is 42.6 Å². The summed E-state index contributed by atoms with van der Waals surface area (Å²) in [4.78, 5) is 66.8. The highest BCUT2D eigenvalue weighted by Gasteiger charge is 2.45. The van der Waals surface area contributed by atoms with Crippen molar-refractivity contribution in [2.45, 2.75) is 76.8 Å². The van der Waals surface area contributed by atoms with E-state index in [9.17, 15) is 29.2 Å². The van der Waals surface area contributed by atoms with E-state index in [4.69, 9.17) is 5.10 Å². The number of amides is 5. The Labute approximate surface area is 278 Å². The van der Waals surface area contributed by atoms with Gasteiger partial charge in [0, 0.05) is 37.1 Å². The quantitative estimate of drug-likeness (QED) is 0.332. The van der Waals surface area contributed by atoms with Crippen molar-refractivity contribution >= 4 is 40.9 Å². The van der Waals surface area contributed by atoms with E-state index in [0.717, 1.165) is 71.9 Å². The number of rotatable bonds is 9. The minimum absolute atomic E-state index is 0.0820. The zero-order valence-electron chi connectivity index (χ0n) is 27.2. The molecular weight excluding hydrogens is 610 g/mol. The standard InChI is InChI=1S/C36H37N7O5/c1-20-24(19-42(40-20)36(2,3)35(48)38-29-11-5-21(16-37)14-27(29)23-7-8-23)6-4-22-17-41(18-22)25-9-10-26-28(15-25)34(47)43(33(26)46)30-12-13-31(44)39-32(30)45/h5,9-11,14-15,19,22-23,30H,4,6-8,12-13,17-18H2,1-3H3,(H,38,48)(H,39,44,45). The number of hydrogen-bond acceptors (Lipinski definition) is 8. The molecule has 1 unspecified atom stereocenters. The molecule has 1 saturated carbocycles. The van der Waals surface area contributed by atoms with Crippen LogP contribution in [0, 0.1) is 24.2 Å². The van der Waals surface area contributed by atoms with Gasteiger partial charge in [-0.2, -0.15) is 10.4 Å². The van der Waals surface area contributed by atoms with Gasteiger partial charge in [0.15, 0.2) is 0 Å². The van der Waals surface area contributed by atoms with Gasteiger partial charge in [0.05, 0.1) is 28.5 Å². The van der Waals surface area contributed by atoms with E-state index in [0.29, 0.717) is 17.4 Å². The molecule has 1 aromatic heterocycles.